The molecule has 1 fully saturated rings. The van der Waals surface area contributed by atoms with E-state index < -0.39 is 50.0 Å². The molecule has 17 heavy (non-hydrogen) atoms. The van der Waals surface area contributed by atoms with E-state index in [1.165, 1.54) is 0 Å². The summed E-state index contributed by atoms with van der Waals surface area (Å²) in [4.78, 5) is 0. The zero-order chi connectivity index (χ0) is 13.0. The fraction of sp³-hybridized carbons (Fsp3) is 1.00. The quantitative estimate of drug-likeness (QED) is 0.293. The van der Waals surface area contributed by atoms with Gasteiger partial charge in [0.1, 0.15) is 30.5 Å². The summed E-state index contributed by atoms with van der Waals surface area (Å²) in [5.41, 5.74) is 0. The normalized spacial score (nSPS) is 40.2. The molecule has 4 unspecified atom stereocenters. The number of hydrogen-bond donors (Lipinski definition) is 6. The monoisotopic (exact) mass is 254 g/mol. The zero-order valence-corrected chi connectivity index (χ0v) is 9.09. The summed E-state index contributed by atoms with van der Waals surface area (Å²) in [5.74, 6) is 0. The molecule has 0 radical (unpaired) electrons. The molecule has 0 aromatic heterocycles. The highest BCUT2D eigenvalue weighted by Crippen LogP contribution is 2.21. The van der Waals surface area contributed by atoms with Gasteiger partial charge in [0.25, 0.3) is 0 Å². The standard InChI is InChI=1S/C9H18O8/c10-1-4(12)3-16-9-8(15)7(14)6(13)5(2-11)17-9/h4-15H,1-3H2/t4?,5?,6-,7?,8?,9+/m0/s1. The molecule has 6 N–H and O–H groups in total. The molecule has 0 spiro atoms. The highest BCUT2D eigenvalue weighted by molar-refractivity contribution is 4.88. The van der Waals surface area contributed by atoms with Crippen molar-refractivity contribution in [2.45, 2.75) is 36.8 Å². The van der Waals surface area contributed by atoms with Gasteiger partial charge in [0.05, 0.1) is 19.8 Å². The molecule has 1 aliphatic rings. The Morgan fingerprint density at radius 3 is 2.24 bits per heavy atom. The third-order valence-electron chi connectivity index (χ3n) is 2.51. The van der Waals surface area contributed by atoms with Crippen molar-refractivity contribution in [1.29, 1.82) is 0 Å². The van der Waals surface area contributed by atoms with Gasteiger partial charge in [0.15, 0.2) is 6.29 Å². The Balaban J connectivity index is 2.53. The fourth-order valence-corrected chi connectivity index (χ4v) is 1.46. The van der Waals surface area contributed by atoms with Crippen LogP contribution in [0.15, 0.2) is 0 Å². The maximum Gasteiger partial charge on any atom is 0.186 e. The molecule has 0 aliphatic carbocycles. The van der Waals surface area contributed by atoms with Crippen LogP contribution in [0.25, 0.3) is 0 Å². The molecule has 8 nitrogen and oxygen atoms in total. The summed E-state index contributed by atoms with van der Waals surface area (Å²) in [6, 6.07) is 0. The van der Waals surface area contributed by atoms with E-state index in [4.69, 9.17) is 24.8 Å². The van der Waals surface area contributed by atoms with Crippen LogP contribution in [0.1, 0.15) is 0 Å². The van der Waals surface area contributed by atoms with Crippen molar-refractivity contribution in [1.82, 2.24) is 0 Å². The number of rotatable bonds is 5. The van der Waals surface area contributed by atoms with Crippen LogP contribution in [0.2, 0.25) is 0 Å². The predicted molar refractivity (Wildman–Crippen MR) is 52.8 cm³/mol. The zero-order valence-electron chi connectivity index (χ0n) is 9.09. The van der Waals surface area contributed by atoms with Gasteiger partial charge >= 0.3 is 0 Å². The lowest BCUT2D eigenvalue weighted by molar-refractivity contribution is -0.304. The van der Waals surface area contributed by atoms with E-state index in [9.17, 15) is 15.3 Å². The molecule has 102 valence electrons. The van der Waals surface area contributed by atoms with Crippen molar-refractivity contribution < 1.29 is 40.1 Å². The van der Waals surface area contributed by atoms with Crippen molar-refractivity contribution in [2.75, 3.05) is 19.8 Å². The highest BCUT2D eigenvalue weighted by Gasteiger charge is 2.44. The number of ether oxygens (including phenoxy) is 2. The molecule has 6 atom stereocenters. The lowest BCUT2D eigenvalue weighted by atomic mass is 9.99. The number of aliphatic hydroxyl groups is 6. The molecule has 8 heteroatoms. The molecule has 1 saturated heterocycles. The van der Waals surface area contributed by atoms with Gasteiger partial charge in [-0.25, -0.2) is 0 Å². The largest absolute Gasteiger partial charge is 0.394 e. The lowest BCUT2D eigenvalue weighted by Gasteiger charge is -2.39. The van der Waals surface area contributed by atoms with Gasteiger partial charge in [-0.2, -0.15) is 0 Å². The summed E-state index contributed by atoms with van der Waals surface area (Å²) in [5, 5.41) is 54.9. The topological polar surface area (TPSA) is 140 Å². The number of hydrogen-bond acceptors (Lipinski definition) is 8. The number of aliphatic hydroxyl groups excluding tert-OH is 6. The van der Waals surface area contributed by atoms with E-state index in [0.717, 1.165) is 0 Å². The lowest BCUT2D eigenvalue weighted by Crippen LogP contribution is -2.59. The van der Waals surface area contributed by atoms with Crippen LogP contribution >= 0.6 is 0 Å². The Labute approximate surface area is 97.6 Å². The third-order valence-corrected chi connectivity index (χ3v) is 2.51. The van der Waals surface area contributed by atoms with E-state index in [1.54, 1.807) is 0 Å². The average Bonchev–Trinajstić information content (AvgIpc) is 2.34. The van der Waals surface area contributed by atoms with Crippen molar-refractivity contribution in [2.24, 2.45) is 0 Å². The van der Waals surface area contributed by atoms with Gasteiger partial charge in [-0.1, -0.05) is 0 Å². The van der Waals surface area contributed by atoms with Gasteiger partial charge in [-0.3, -0.25) is 0 Å². The molecule has 0 aromatic rings. The van der Waals surface area contributed by atoms with E-state index in [-0.39, 0.29) is 6.61 Å². The van der Waals surface area contributed by atoms with Crippen LogP contribution in [0, 0.1) is 0 Å². The SMILES string of the molecule is OCC(O)CO[C@@H]1OC(CO)[C@H](O)C(O)C1O. The van der Waals surface area contributed by atoms with Gasteiger partial charge in [0, 0.05) is 0 Å². The van der Waals surface area contributed by atoms with Gasteiger partial charge in [0.2, 0.25) is 0 Å². The molecule has 1 heterocycles. The Hall–Kier alpha value is -0.320. The van der Waals surface area contributed by atoms with Crippen LogP contribution in [0.5, 0.6) is 0 Å². The molecule has 1 rings (SSSR count). The summed E-state index contributed by atoms with van der Waals surface area (Å²) >= 11 is 0. The van der Waals surface area contributed by atoms with E-state index in [0.29, 0.717) is 0 Å². The van der Waals surface area contributed by atoms with Crippen LogP contribution in [-0.2, 0) is 9.47 Å². The Morgan fingerprint density at radius 2 is 1.71 bits per heavy atom. The van der Waals surface area contributed by atoms with Gasteiger partial charge < -0.3 is 40.1 Å². The Kier molecular flexibility index (Phi) is 5.70. The van der Waals surface area contributed by atoms with Crippen LogP contribution in [0.4, 0.5) is 0 Å². The summed E-state index contributed by atoms with van der Waals surface area (Å²) in [6.45, 7) is -1.37. The molecular formula is C9H18O8. The first kappa shape index (κ1) is 14.7. The third kappa shape index (κ3) is 3.57. The summed E-state index contributed by atoms with van der Waals surface area (Å²) < 4.78 is 9.93. The van der Waals surface area contributed by atoms with Crippen molar-refractivity contribution in [3.8, 4) is 0 Å². The van der Waals surface area contributed by atoms with Crippen molar-refractivity contribution in [3.63, 3.8) is 0 Å². The predicted octanol–water partition coefficient (Wildman–Crippen LogP) is -3.84. The smallest absolute Gasteiger partial charge is 0.186 e. The molecule has 0 amide bonds. The minimum absolute atomic E-state index is 0.306. The molecule has 0 bridgehead atoms. The van der Waals surface area contributed by atoms with Gasteiger partial charge in [-0.05, 0) is 0 Å². The van der Waals surface area contributed by atoms with E-state index in [1.807, 2.05) is 0 Å². The molecule has 0 saturated carbocycles. The van der Waals surface area contributed by atoms with Crippen LogP contribution < -0.4 is 0 Å². The van der Waals surface area contributed by atoms with Crippen LogP contribution in [0.3, 0.4) is 0 Å². The van der Waals surface area contributed by atoms with Gasteiger partial charge in [-0.15, -0.1) is 0 Å². The van der Waals surface area contributed by atoms with Crippen molar-refractivity contribution >= 4 is 0 Å². The Bertz CT molecular complexity index is 223. The summed E-state index contributed by atoms with van der Waals surface area (Å²) in [6.07, 6.45) is -7.94. The van der Waals surface area contributed by atoms with Crippen molar-refractivity contribution in [3.05, 3.63) is 0 Å². The summed E-state index contributed by atoms with van der Waals surface area (Å²) in [7, 11) is 0. The minimum Gasteiger partial charge on any atom is -0.394 e. The molecule has 1 aliphatic heterocycles. The first-order valence-electron chi connectivity index (χ1n) is 5.22. The van der Waals surface area contributed by atoms with Crippen LogP contribution in [-0.4, -0.2) is 87.3 Å². The second-order valence-corrected chi connectivity index (χ2v) is 3.87. The molecular weight excluding hydrogens is 236 g/mol. The first-order valence-corrected chi connectivity index (χ1v) is 5.22. The first-order chi connectivity index (χ1) is 8.01. The van der Waals surface area contributed by atoms with E-state index in [2.05, 4.69) is 0 Å². The second-order valence-electron chi connectivity index (χ2n) is 3.87. The highest BCUT2D eigenvalue weighted by atomic mass is 16.7. The Morgan fingerprint density at radius 1 is 1.06 bits per heavy atom. The second kappa shape index (κ2) is 6.57. The maximum absolute atomic E-state index is 9.52. The average molecular weight is 254 g/mol. The minimum atomic E-state index is -1.52. The maximum atomic E-state index is 9.52. The fourth-order valence-electron chi connectivity index (χ4n) is 1.46. The van der Waals surface area contributed by atoms with E-state index >= 15 is 0 Å². The molecule has 0 aromatic carbocycles.